The van der Waals surface area contributed by atoms with E-state index in [1.54, 1.807) is 12.1 Å². The molecule has 2 N–H and O–H groups in total. The van der Waals surface area contributed by atoms with E-state index in [4.69, 9.17) is 5.73 Å². The molecule has 1 aromatic carbocycles. The van der Waals surface area contributed by atoms with Crippen LogP contribution in [0.1, 0.15) is 5.69 Å². The Morgan fingerprint density at radius 2 is 1.84 bits per heavy atom. The van der Waals surface area contributed by atoms with Gasteiger partial charge in [0.1, 0.15) is 5.75 Å². The van der Waals surface area contributed by atoms with Gasteiger partial charge in [0, 0.05) is 17.7 Å². The number of pyridine rings is 1. The number of benzene rings is 1. The maximum atomic E-state index is 12.0. The van der Waals surface area contributed by atoms with Gasteiger partial charge in [0.05, 0.1) is 5.69 Å². The minimum Gasteiger partial charge on any atom is -0.435 e. The quantitative estimate of drug-likeness (QED) is 0.903. The van der Waals surface area contributed by atoms with E-state index in [0.29, 0.717) is 13.0 Å². The van der Waals surface area contributed by atoms with Crippen LogP contribution < -0.4 is 10.5 Å². The predicted molar refractivity (Wildman–Crippen MR) is 69.1 cm³/mol. The summed E-state index contributed by atoms with van der Waals surface area (Å²) < 4.78 is 28.4. The smallest absolute Gasteiger partial charge is 0.387 e. The highest BCUT2D eigenvalue weighted by molar-refractivity contribution is 5.60. The first-order valence-electron chi connectivity index (χ1n) is 5.90. The van der Waals surface area contributed by atoms with Crippen molar-refractivity contribution < 1.29 is 13.5 Å². The minimum absolute atomic E-state index is 0.136. The van der Waals surface area contributed by atoms with Crippen molar-refractivity contribution in [3.63, 3.8) is 0 Å². The average Bonchev–Trinajstić information content (AvgIpc) is 2.40. The van der Waals surface area contributed by atoms with E-state index in [2.05, 4.69) is 9.72 Å². The van der Waals surface area contributed by atoms with Crippen LogP contribution in [0.2, 0.25) is 0 Å². The highest BCUT2D eigenvalue weighted by atomic mass is 19.3. The van der Waals surface area contributed by atoms with Gasteiger partial charge in [-0.15, -0.1) is 0 Å². The molecule has 100 valence electrons. The molecule has 2 aromatic rings. The van der Waals surface area contributed by atoms with Crippen LogP contribution in [-0.4, -0.2) is 18.1 Å². The number of nitrogens with two attached hydrogens (primary N) is 1. The Balaban J connectivity index is 2.19. The molecule has 5 heteroatoms. The lowest BCUT2D eigenvalue weighted by atomic mass is 10.1. The van der Waals surface area contributed by atoms with Gasteiger partial charge in [-0.2, -0.15) is 8.78 Å². The molecule has 0 saturated heterocycles. The number of aromatic nitrogens is 1. The zero-order valence-corrected chi connectivity index (χ0v) is 10.2. The Hall–Kier alpha value is -2.01. The summed E-state index contributed by atoms with van der Waals surface area (Å²) in [4.78, 5) is 4.45. The van der Waals surface area contributed by atoms with Gasteiger partial charge in [-0.1, -0.05) is 6.07 Å². The molecule has 0 radical (unpaired) electrons. The molecule has 0 spiro atoms. The van der Waals surface area contributed by atoms with E-state index < -0.39 is 6.61 Å². The Morgan fingerprint density at radius 1 is 1.11 bits per heavy atom. The van der Waals surface area contributed by atoms with Gasteiger partial charge in [-0.3, -0.25) is 4.98 Å². The molecule has 0 atom stereocenters. The van der Waals surface area contributed by atoms with E-state index in [1.807, 2.05) is 18.2 Å². The zero-order chi connectivity index (χ0) is 13.7. The molecular weight excluding hydrogens is 250 g/mol. The van der Waals surface area contributed by atoms with Crippen LogP contribution in [0.4, 0.5) is 8.78 Å². The number of hydrogen-bond acceptors (Lipinski definition) is 3. The molecule has 3 nitrogen and oxygen atoms in total. The van der Waals surface area contributed by atoms with Crippen LogP contribution in [0.5, 0.6) is 5.75 Å². The van der Waals surface area contributed by atoms with Gasteiger partial charge in [-0.05, 0) is 42.9 Å². The largest absolute Gasteiger partial charge is 0.435 e. The third-order valence-electron chi connectivity index (χ3n) is 2.58. The molecule has 1 aromatic heterocycles. The standard InChI is InChI=1S/C14H14F2N2O/c15-14(16)19-12-6-4-10(5-7-12)13-3-1-2-11(18-13)8-9-17/h1-7,14H,8-9,17H2. The van der Waals surface area contributed by atoms with Gasteiger partial charge in [-0.25, -0.2) is 0 Å². The average molecular weight is 264 g/mol. The molecule has 1 heterocycles. The van der Waals surface area contributed by atoms with Crippen LogP contribution >= 0.6 is 0 Å². The van der Waals surface area contributed by atoms with Crippen LogP contribution in [0.25, 0.3) is 11.3 Å². The SMILES string of the molecule is NCCc1cccc(-c2ccc(OC(F)F)cc2)n1. The summed E-state index contributed by atoms with van der Waals surface area (Å²) >= 11 is 0. The van der Waals surface area contributed by atoms with Crippen molar-refractivity contribution in [2.45, 2.75) is 13.0 Å². The summed E-state index contributed by atoms with van der Waals surface area (Å²) in [6.45, 7) is -2.27. The van der Waals surface area contributed by atoms with Gasteiger partial charge in [0.2, 0.25) is 0 Å². The van der Waals surface area contributed by atoms with Crippen molar-refractivity contribution in [3.05, 3.63) is 48.2 Å². The van der Waals surface area contributed by atoms with Crippen molar-refractivity contribution in [2.75, 3.05) is 6.54 Å². The predicted octanol–water partition coefficient (Wildman–Crippen LogP) is 2.85. The molecule has 0 saturated carbocycles. The number of rotatable bonds is 5. The number of halogens is 2. The van der Waals surface area contributed by atoms with Crippen molar-refractivity contribution in [1.29, 1.82) is 0 Å². The van der Waals surface area contributed by atoms with E-state index in [0.717, 1.165) is 17.0 Å². The summed E-state index contributed by atoms with van der Waals surface area (Å²) in [6.07, 6.45) is 0.709. The van der Waals surface area contributed by atoms with E-state index >= 15 is 0 Å². The maximum Gasteiger partial charge on any atom is 0.387 e. The molecule has 0 aliphatic carbocycles. The van der Waals surface area contributed by atoms with E-state index in [-0.39, 0.29) is 5.75 Å². The third-order valence-corrected chi connectivity index (χ3v) is 2.58. The van der Waals surface area contributed by atoms with Crippen LogP contribution in [0, 0.1) is 0 Å². The Labute approximate surface area is 110 Å². The minimum atomic E-state index is -2.81. The van der Waals surface area contributed by atoms with Gasteiger partial charge < -0.3 is 10.5 Å². The number of alkyl halides is 2. The molecule has 19 heavy (non-hydrogen) atoms. The highest BCUT2D eigenvalue weighted by Crippen LogP contribution is 2.22. The van der Waals surface area contributed by atoms with Crippen molar-refractivity contribution in [3.8, 4) is 17.0 Å². The summed E-state index contributed by atoms with van der Waals surface area (Å²) in [6, 6.07) is 12.1. The lowest BCUT2D eigenvalue weighted by Crippen LogP contribution is -2.04. The first kappa shape index (κ1) is 13.4. The Kier molecular flexibility index (Phi) is 4.41. The number of hydrogen-bond donors (Lipinski definition) is 1. The first-order valence-corrected chi connectivity index (χ1v) is 5.90. The number of nitrogens with zero attached hydrogens (tertiary/aromatic N) is 1. The molecule has 2 rings (SSSR count). The zero-order valence-electron chi connectivity index (χ0n) is 10.2. The summed E-state index contributed by atoms with van der Waals surface area (Å²) in [7, 11) is 0. The third kappa shape index (κ3) is 3.72. The monoisotopic (exact) mass is 264 g/mol. The molecule has 0 amide bonds. The van der Waals surface area contributed by atoms with Gasteiger partial charge >= 0.3 is 6.61 Å². The van der Waals surface area contributed by atoms with Crippen LogP contribution in [0.3, 0.4) is 0 Å². The fourth-order valence-corrected chi connectivity index (χ4v) is 1.73. The molecule has 0 fully saturated rings. The Bertz CT molecular complexity index is 529. The molecule has 0 unspecified atom stereocenters. The lowest BCUT2D eigenvalue weighted by molar-refractivity contribution is -0.0498. The highest BCUT2D eigenvalue weighted by Gasteiger charge is 2.05. The topological polar surface area (TPSA) is 48.1 Å². The van der Waals surface area contributed by atoms with E-state index in [1.165, 1.54) is 12.1 Å². The van der Waals surface area contributed by atoms with Gasteiger partial charge in [0.25, 0.3) is 0 Å². The molecule has 0 bridgehead atoms. The fraction of sp³-hybridized carbons (Fsp3) is 0.214. The van der Waals surface area contributed by atoms with Crippen LogP contribution in [-0.2, 0) is 6.42 Å². The molecular formula is C14H14F2N2O. The molecule has 0 aliphatic heterocycles. The molecule has 0 aliphatic rings. The number of ether oxygens (including phenoxy) is 1. The van der Waals surface area contributed by atoms with E-state index in [9.17, 15) is 8.78 Å². The van der Waals surface area contributed by atoms with Crippen molar-refractivity contribution >= 4 is 0 Å². The summed E-state index contributed by atoms with van der Waals surface area (Å²) in [5, 5.41) is 0. The first-order chi connectivity index (χ1) is 9.19. The Morgan fingerprint density at radius 3 is 2.47 bits per heavy atom. The second kappa shape index (κ2) is 6.24. The van der Waals surface area contributed by atoms with Crippen molar-refractivity contribution in [1.82, 2.24) is 4.98 Å². The normalized spacial score (nSPS) is 10.7. The summed E-state index contributed by atoms with van der Waals surface area (Å²) in [5.74, 6) is 0.136. The lowest BCUT2D eigenvalue weighted by Gasteiger charge is -2.06. The van der Waals surface area contributed by atoms with Crippen molar-refractivity contribution in [2.24, 2.45) is 5.73 Å². The van der Waals surface area contributed by atoms with Crippen LogP contribution in [0.15, 0.2) is 42.5 Å². The fourth-order valence-electron chi connectivity index (χ4n) is 1.73. The van der Waals surface area contributed by atoms with Gasteiger partial charge in [0.15, 0.2) is 0 Å². The maximum absolute atomic E-state index is 12.0. The summed E-state index contributed by atoms with van der Waals surface area (Å²) in [5.41, 5.74) is 8.03. The second-order valence-electron chi connectivity index (χ2n) is 3.96. The second-order valence-corrected chi connectivity index (χ2v) is 3.96.